The smallest absolute Gasteiger partial charge is 0.267 e. The van der Waals surface area contributed by atoms with Crippen LogP contribution in [0.2, 0.25) is 5.02 Å². The van der Waals surface area contributed by atoms with E-state index >= 15 is 0 Å². The minimum atomic E-state index is -0.195. The van der Waals surface area contributed by atoms with Crippen molar-refractivity contribution < 1.29 is 9.53 Å². The lowest BCUT2D eigenvalue weighted by Gasteiger charge is -2.06. The summed E-state index contributed by atoms with van der Waals surface area (Å²) in [4.78, 5) is 12.4. The second-order valence-corrected chi connectivity index (χ2v) is 4.83. The molecule has 1 amide bonds. The van der Waals surface area contributed by atoms with Gasteiger partial charge in [0.05, 0.1) is 11.6 Å². The zero-order valence-corrected chi connectivity index (χ0v) is 11.3. The number of carbonyl (C=O) groups excluding carboxylic acids is 1. The number of rotatable bonds is 4. The van der Waals surface area contributed by atoms with Gasteiger partial charge in [-0.1, -0.05) is 11.6 Å². The molecule has 0 spiro atoms. The average Bonchev–Trinajstić information content (AvgIpc) is 2.78. The van der Waals surface area contributed by atoms with Gasteiger partial charge in [0.2, 0.25) is 0 Å². The zero-order valence-electron chi connectivity index (χ0n) is 9.77. The summed E-state index contributed by atoms with van der Waals surface area (Å²) >= 11 is 7.22. The molecule has 18 heavy (non-hydrogen) atoms. The summed E-state index contributed by atoms with van der Waals surface area (Å²) in [5.74, 6) is 0.587. The van der Waals surface area contributed by atoms with E-state index in [2.05, 4.69) is 5.32 Å². The first-order valence-corrected chi connectivity index (χ1v) is 6.73. The molecule has 0 saturated heterocycles. The summed E-state index contributed by atoms with van der Waals surface area (Å²) in [6.45, 7) is 2.55. The molecule has 0 atom stereocenters. The van der Waals surface area contributed by atoms with E-state index in [1.807, 2.05) is 19.1 Å². The molecule has 0 saturated carbocycles. The van der Waals surface area contributed by atoms with Crippen LogP contribution in [0.25, 0.3) is 0 Å². The van der Waals surface area contributed by atoms with Crippen LogP contribution in [0.15, 0.2) is 35.7 Å². The van der Waals surface area contributed by atoms with Gasteiger partial charge in [0, 0.05) is 5.69 Å². The minimum Gasteiger partial charge on any atom is -0.494 e. The fraction of sp³-hybridized carbons (Fsp3) is 0.154. The highest BCUT2D eigenvalue weighted by molar-refractivity contribution is 7.12. The first kappa shape index (κ1) is 12.9. The van der Waals surface area contributed by atoms with Crippen LogP contribution in [0.3, 0.4) is 0 Å². The Morgan fingerprint density at radius 1 is 1.33 bits per heavy atom. The Labute approximate surface area is 114 Å². The number of halogens is 1. The van der Waals surface area contributed by atoms with Crippen molar-refractivity contribution in [3.63, 3.8) is 0 Å². The van der Waals surface area contributed by atoms with Gasteiger partial charge in [0.15, 0.2) is 0 Å². The van der Waals surface area contributed by atoms with Crippen molar-refractivity contribution in [3.05, 3.63) is 45.6 Å². The maximum absolute atomic E-state index is 11.9. The summed E-state index contributed by atoms with van der Waals surface area (Å²) in [6.07, 6.45) is 0. The second kappa shape index (κ2) is 5.89. The lowest BCUT2D eigenvalue weighted by molar-refractivity contribution is 0.103. The molecular weight excluding hydrogens is 270 g/mol. The third kappa shape index (κ3) is 3.03. The Kier molecular flexibility index (Phi) is 4.23. The van der Waals surface area contributed by atoms with Crippen molar-refractivity contribution in [1.29, 1.82) is 0 Å². The number of nitrogens with one attached hydrogen (secondary N) is 1. The number of hydrogen-bond donors (Lipinski definition) is 1. The number of ether oxygens (including phenoxy) is 1. The molecule has 0 radical (unpaired) electrons. The van der Waals surface area contributed by atoms with Gasteiger partial charge in [-0.05, 0) is 42.6 Å². The van der Waals surface area contributed by atoms with E-state index in [0.29, 0.717) is 22.2 Å². The largest absolute Gasteiger partial charge is 0.494 e. The van der Waals surface area contributed by atoms with Crippen LogP contribution in [-0.2, 0) is 0 Å². The van der Waals surface area contributed by atoms with Crippen LogP contribution in [-0.4, -0.2) is 12.5 Å². The predicted octanol–water partition coefficient (Wildman–Crippen LogP) is 4.05. The number of thiophene rings is 1. The maximum atomic E-state index is 11.9. The van der Waals surface area contributed by atoms with Gasteiger partial charge in [-0.15, -0.1) is 11.3 Å². The molecule has 1 N–H and O–H groups in total. The topological polar surface area (TPSA) is 38.3 Å². The first-order valence-electron chi connectivity index (χ1n) is 5.48. The van der Waals surface area contributed by atoms with E-state index < -0.39 is 0 Å². The average molecular weight is 282 g/mol. The molecular formula is C13H12ClNO2S. The lowest BCUT2D eigenvalue weighted by Crippen LogP contribution is -2.10. The highest BCUT2D eigenvalue weighted by Gasteiger charge is 2.11. The van der Waals surface area contributed by atoms with Gasteiger partial charge in [-0.3, -0.25) is 4.79 Å². The number of hydrogen-bond acceptors (Lipinski definition) is 3. The standard InChI is InChI=1S/C13H12ClNO2S/c1-2-17-10-5-3-9(4-6-10)15-13(16)12-11(14)7-8-18-12/h3-8H,2H2,1H3,(H,15,16). The molecule has 2 aromatic rings. The summed E-state index contributed by atoms with van der Waals surface area (Å²) < 4.78 is 5.33. The van der Waals surface area contributed by atoms with Crippen LogP contribution in [0.5, 0.6) is 5.75 Å². The van der Waals surface area contributed by atoms with Crippen LogP contribution in [0, 0.1) is 0 Å². The van der Waals surface area contributed by atoms with E-state index in [1.165, 1.54) is 11.3 Å². The monoisotopic (exact) mass is 281 g/mol. The number of benzene rings is 1. The van der Waals surface area contributed by atoms with Gasteiger partial charge >= 0.3 is 0 Å². The molecule has 2 rings (SSSR count). The van der Waals surface area contributed by atoms with E-state index in [9.17, 15) is 4.79 Å². The van der Waals surface area contributed by atoms with Crippen LogP contribution in [0.1, 0.15) is 16.6 Å². The highest BCUT2D eigenvalue weighted by Crippen LogP contribution is 2.23. The molecule has 1 heterocycles. The molecule has 0 aliphatic heterocycles. The zero-order chi connectivity index (χ0) is 13.0. The third-order valence-corrected chi connectivity index (χ3v) is 3.59. The Morgan fingerprint density at radius 3 is 2.61 bits per heavy atom. The first-order chi connectivity index (χ1) is 8.70. The summed E-state index contributed by atoms with van der Waals surface area (Å²) in [6, 6.07) is 8.93. The molecule has 3 nitrogen and oxygen atoms in total. The quantitative estimate of drug-likeness (QED) is 0.918. The third-order valence-electron chi connectivity index (χ3n) is 2.25. The van der Waals surface area contributed by atoms with Crippen LogP contribution >= 0.6 is 22.9 Å². The second-order valence-electron chi connectivity index (χ2n) is 3.51. The SMILES string of the molecule is CCOc1ccc(NC(=O)c2sccc2Cl)cc1. The van der Waals surface area contributed by atoms with Gasteiger partial charge < -0.3 is 10.1 Å². The number of carbonyl (C=O) groups is 1. The molecule has 0 unspecified atom stereocenters. The molecule has 0 aliphatic rings. The fourth-order valence-corrected chi connectivity index (χ4v) is 2.48. The fourth-order valence-electron chi connectivity index (χ4n) is 1.44. The van der Waals surface area contributed by atoms with E-state index in [0.717, 1.165) is 5.75 Å². The molecule has 1 aromatic heterocycles. The lowest BCUT2D eigenvalue weighted by atomic mass is 10.3. The molecule has 94 valence electrons. The van der Waals surface area contributed by atoms with Crippen LogP contribution < -0.4 is 10.1 Å². The number of amides is 1. The minimum absolute atomic E-state index is 0.195. The number of anilines is 1. The van der Waals surface area contributed by atoms with E-state index in [4.69, 9.17) is 16.3 Å². The Bertz CT molecular complexity index is 536. The molecule has 0 aliphatic carbocycles. The van der Waals surface area contributed by atoms with E-state index in [1.54, 1.807) is 23.6 Å². The van der Waals surface area contributed by atoms with Crippen molar-refractivity contribution in [2.75, 3.05) is 11.9 Å². The Hall–Kier alpha value is -1.52. The van der Waals surface area contributed by atoms with Gasteiger partial charge in [0.1, 0.15) is 10.6 Å². The van der Waals surface area contributed by atoms with Crippen molar-refractivity contribution >= 4 is 34.5 Å². The van der Waals surface area contributed by atoms with Crippen molar-refractivity contribution in [2.45, 2.75) is 6.92 Å². The highest BCUT2D eigenvalue weighted by atomic mass is 35.5. The maximum Gasteiger partial charge on any atom is 0.267 e. The van der Waals surface area contributed by atoms with Crippen molar-refractivity contribution in [1.82, 2.24) is 0 Å². The normalized spacial score (nSPS) is 10.1. The predicted molar refractivity (Wildman–Crippen MR) is 74.9 cm³/mol. The molecule has 0 fully saturated rings. The van der Waals surface area contributed by atoms with E-state index in [-0.39, 0.29) is 5.91 Å². The summed E-state index contributed by atoms with van der Waals surface area (Å²) in [5, 5.41) is 5.05. The van der Waals surface area contributed by atoms with Crippen molar-refractivity contribution in [2.24, 2.45) is 0 Å². The Morgan fingerprint density at radius 2 is 2.06 bits per heavy atom. The Balaban J connectivity index is 2.05. The van der Waals surface area contributed by atoms with Gasteiger partial charge in [-0.2, -0.15) is 0 Å². The summed E-state index contributed by atoms with van der Waals surface area (Å²) in [5.41, 5.74) is 0.716. The van der Waals surface area contributed by atoms with Crippen molar-refractivity contribution in [3.8, 4) is 5.75 Å². The van der Waals surface area contributed by atoms with Crippen LogP contribution in [0.4, 0.5) is 5.69 Å². The molecule has 5 heteroatoms. The van der Waals surface area contributed by atoms with Gasteiger partial charge in [-0.25, -0.2) is 0 Å². The molecule has 1 aromatic carbocycles. The van der Waals surface area contributed by atoms with Gasteiger partial charge in [0.25, 0.3) is 5.91 Å². The molecule has 0 bridgehead atoms. The summed E-state index contributed by atoms with van der Waals surface area (Å²) in [7, 11) is 0.